The first-order valence-corrected chi connectivity index (χ1v) is 11.2. The van der Waals surface area contributed by atoms with Crippen LogP contribution in [0.2, 0.25) is 0 Å². The van der Waals surface area contributed by atoms with Crippen molar-refractivity contribution in [2.45, 2.75) is 84.5 Å². The van der Waals surface area contributed by atoms with Gasteiger partial charge in [-0.2, -0.15) is 0 Å². The first-order chi connectivity index (χ1) is 16.0. The summed E-state index contributed by atoms with van der Waals surface area (Å²) >= 11 is 0. The first-order valence-electron chi connectivity index (χ1n) is 11.2. The number of benzene rings is 1. The van der Waals surface area contributed by atoms with E-state index in [2.05, 4.69) is 19.2 Å². The van der Waals surface area contributed by atoms with Crippen LogP contribution >= 0.6 is 0 Å². The molecular formula is C24H33NO9. The maximum atomic E-state index is 12.0. The van der Waals surface area contributed by atoms with E-state index in [0.717, 1.165) is 12.0 Å². The number of rotatable bonds is 9. The number of nitrogens with one attached hydrogen (secondary N) is 1. The van der Waals surface area contributed by atoms with E-state index in [1.165, 1.54) is 27.7 Å². The third-order valence-electron chi connectivity index (χ3n) is 5.38. The molecule has 1 unspecified atom stereocenters. The SMILES string of the molecule is CCC(C)c1ccc(O[C@@H]2O[C@H](COC(C)=O)[C@@H](OC(C)=O)[C@H](OC(C)=O)[C@H]2NC(C)=O)cc1. The molecule has 1 aromatic rings. The number of carbonyl (C=O) groups excluding carboxylic acids is 4. The predicted octanol–water partition coefficient (Wildman–Crippen LogP) is 2.23. The van der Waals surface area contributed by atoms with E-state index < -0.39 is 54.5 Å². The Bertz CT molecular complexity index is 870. The van der Waals surface area contributed by atoms with Gasteiger partial charge in [-0.3, -0.25) is 19.2 Å². The molecular weight excluding hydrogens is 446 g/mol. The van der Waals surface area contributed by atoms with Gasteiger partial charge in [0.15, 0.2) is 12.2 Å². The molecule has 1 amide bonds. The summed E-state index contributed by atoms with van der Waals surface area (Å²) in [6, 6.07) is 6.39. The van der Waals surface area contributed by atoms with Crippen LogP contribution in [0.15, 0.2) is 24.3 Å². The molecule has 1 aromatic carbocycles. The lowest BCUT2D eigenvalue weighted by Gasteiger charge is -2.44. The number of hydrogen-bond donors (Lipinski definition) is 1. The van der Waals surface area contributed by atoms with Gasteiger partial charge in [0.25, 0.3) is 0 Å². The Morgan fingerprint density at radius 3 is 2.03 bits per heavy atom. The molecule has 6 atom stereocenters. The van der Waals surface area contributed by atoms with E-state index in [0.29, 0.717) is 11.7 Å². The van der Waals surface area contributed by atoms with Crippen molar-refractivity contribution in [1.82, 2.24) is 5.32 Å². The van der Waals surface area contributed by atoms with Crippen LogP contribution < -0.4 is 10.1 Å². The van der Waals surface area contributed by atoms with Crippen molar-refractivity contribution in [3.8, 4) is 5.75 Å². The largest absolute Gasteiger partial charge is 0.463 e. The van der Waals surface area contributed by atoms with Gasteiger partial charge in [0.1, 0.15) is 24.5 Å². The van der Waals surface area contributed by atoms with Crippen molar-refractivity contribution in [2.24, 2.45) is 0 Å². The fourth-order valence-corrected chi connectivity index (χ4v) is 3.64. The molecule has 34 heavy (non-hydrogen) atoms. The van der Waals surface area contributed by atoms with E-state index in [1.54, 1.807) is 12.1 Å². The fourth-order valence-electron chi connectivity index (χ4n) is 3.64. The maximum Gasteiger partial charge on any atom is 0.303 e. The summed E-state index contributed by atoms with van der Waals surface area (Å²) in [6.07, 6.45) is -3.51. The highest BCUT2D eigenvalue weighted by Crippen LogP contribution is 2.30. The van der Waals surface area contributed by atoms with Crippen molar-refractivity contribution < 1.29 is 42.9 Å². The molecule has 0 spiro atoms. The third kappa shape index (κ3) is 7.72. The third-order valence-corrected chi connectivity index (χ3v) is 5.38. The molecule has 2 rings (SSSR count). The summed E-state index contributed by atoms with van der Waals surface area (Å²) < 4.78 is 27.9. The summed E-state index contributed by atoms with van der Waals surface area (Å²) in [6.45, 7) is 8.81. The molecule has 1 fully saturated rings. The quantitative estimate of drug-likeness (QED) is 0.419. The van der Waals surface area contributed by atoms with Gasteiger partial charge in [0, 0.05) is 27.7 Å². The van der Waals surface area contributed by atoms with Crippen molar-refractivity contribution >= 4 is 23.8 Å². The Balaban J connectivity index is 2.41. The molecule has 10 heteroatoms. The molecule has 0 aromatic heterocycles. The van der Waals surface area contributed by atoms with Gasteiger partial charge in [-0.25, -0.2) is 0 Å². The van der Waals surface area contributed by atoms with E-state index in [4.69, 9.17) is 23.7 Å². The van der Waals surface area contributed by atoms with Gasteiger partial charge in [-0.15, -0.1) is 0 Å². The average molecular weight is 480 g/mol. The normalized spacial score (nSPS) is 24.9. The molecule has 0 aliphatic carbocycles. The van der Waals surface area contributed by atoms with E-state index in [9.17, 15) is 19.2 Å². The van der Waals surface area contributed by atoms with Crippen LogP contribution in [-0.4, -0.2) is 61.1 Å². The van der Waals surface area contributed by atoms with Gasteiger partial charge in [0.2, 0.25) is 12.2 Å². The molecule has 1 aliphatic rings. The molecule has 10 nitrogen and oxygen atoms in total. The Morgan fingerprint density at radius 2 is 1.53 bits per heavy atom. The van der Waals surface area contributed by atoms with E-state index >= 15 is 0 Å². The minimum Gasteiger partial charge on any atom is -0.463 e. The molecule has 0 saturated carbocycles. The molecule has 1 aliphatic heterocycles. The number of hydrogen-bond acceptors (Lipinski definition) is 9. The standard InChI is InChI=1S/C24H33NO9/c1-7-13(2)18-8-10-19(11-9-18)33-24-21(25-14(3)26)23(32-17(6)29)22(31-16(5)28)20(34-24)12-30-15(4)27/h8-11,13,20-24H,7,12H2,1-6H3,(H,25,26)/t13?,20-,21-,22-,23-,24-/m1/s1. The summed E-state index contributed by atoms with van der Waals surface area (Å²) in [5, 5.41) is 2.67. The van der Waals surface area contributed by atoms with Crippen LogP contribution in [0.4, 0.5) is 0 Å². The molecule has 1 N–H and O–H groups in total. The molecule has 1 heterocycles. The smallest absolute Gasteiger partial charge is 0.303 e. The lowest BCUT2D eigenvalue weighted by Crippen LogP contribution is -2.67. The molecule has 1 saturated heterocycles. The maximum absolute atomic E-state index is 12.0. The van der Waals surface area contributed by atoms with E-state index in [-0.39, 0.29) is 6.61 Å². The van der Waals surface area contributed by atoms with Gasteiger partial charge in [-0.1, -0.05) is 26.0 Å². The second-order valence-corrected chi connectivity index (χ2v) is 8.22. The van der Waals surface area contributed by atoms with Gasteiger partial charge in [-0.05, 0) is 30.0 Å². The Hall–Kier alpha value is -3.14. The molecule has 0 bridgehead atoms. The lowest BCUT2D eigenvalue weighted by molar-refractivity contribution is -0.257. The molecule has 0 radical (unpaired) electrons. The first kappa shape index (κ1) is 27.1. The fraction of sp³-hybridized carbons (Fsp3) is 0.583. The highest BCUT2D eigenvalue weighted by atomic mass is 16.7. The van der Waals surface area contributed by atoms with E-state index in [1.807, 2.05) is 12.1 Å². The second kappa shape index (κ2) is 12.4. The van der Waals surface area contributed by atoms with Crippen LogP contribution in [0.5, 0.6) is 5.75 Å². The Labute approximate surface area is 199 Å². The topological polar surface area (TPSA) is 126 Å². The van der Waals surface area contributed by atoms with Gasteiger partial charge >= 0.3 is 17.9 Å². The van der Waals surface area contributed by atoms with Crippen molar-refractivity contribution in [3.63, 3.8) is 0 Å². The highest BCUT2D eigenvalue weighted by Gasteiger charge is 2.51. The number of amides is 1. The lowest BCUT2D eigenvalue weighted by atomic mass is 9.96. The minimum atomic E-state index is -1.16. The number of carbonyl (C=O) groups is 4. The predicted molar refractivity (Wildman–Crippen MR) is 120 cm³/mol. The van der Waals surface area contributed by atoms with Crippen LogP contribution in [0, 0.1) is 0 Å². The Morgan fingerprint density at radius 1 is 0.941 bits per heavy atom. The van der Waals surface area contributed by atoms with Gasteiger partial charge < -0.3 is 29.0 Å². The van der Waals surface area contributed by atoms with Crippen LogP contribution in [0.25, 0.3) is 0 Å². The second-order valence-electron chi connectivity index (χ2n) is 8.22. The highest BCUT2D eigenvalue weighted by molar-refractivity contribution is 5.73. The number of esters is 3. The van der Waals surface area contributed by atoms with Crippen LogP contribution in [-0.2, 0) is 38.1 Å². The Kier molecular flexibility index (Phi) is 9.85. The summed E-state index contributed by atoms with van der Waals surface area (Å²) in [5.74, 6) is -1.52. The summed E-state index contributed by atoms with van der Waals surface area (Å²) in [7, 11) is 0. The zero-order valence-electron chi connectivity index (χ0n) is 20.4. The minimum absolute atomic E-state index is 0.287. The monoisotopic (exact) mass is 479 g/mol. The zero-order valence-corrected chi connectivity index (χ0v) is 20.4. The van der Waals surface area contributed by atoms with Gasteiger partial charge in [0.05, 0.1) is 0 Å². The molecule has 188 valence electrons. The zero-order chi connectivity index (χ0) is 25.4. The summed E-state index contributed by atoms with van der Waals surface area (Å²) in [4.78, 5) is 47.1. The van der Waals surface area contributed by atoms with Crippen LogP contribution in [0.3, 0.4) is 0 Å². The van der Waals surface area contributed by atoms with Crippen molar-refractivity contribution in [1.29, 1.82) is 0 Å². The van der Waals surface area contributed by atoms with Crippen molar-refractivity contribution in [2.75, 3.05) is 6.61 Å². The van der Waals surface area contributed by atoms with Crippen LogP contribution in [0.1, 0.15) is 59.4 Å². The number of ether oxygens (including phenoxy) is 5. The van der Waals surface area contributed by atoms with Crippen molar-refractivity contribution in [3.05, 3.63) is 29.8 Å². The summed E-state index contributed by atoms with van der Waals surface area (Å²) in [5.41, 5.74) is 1.14. The average Bonchev–Trinajstić information content (AvgIpc) is 2.75.